The molecule has 0 saturated carbocycles. The molecule has 2 aliphatic rings. The molecule has 1 amide bonds. The zero-order chi connectivity index (χ0) is 14.5. The number of carbonyl (C=O) groups excluding carboxylic acids is 1. The summed E-state index contributed by atoms with van der Waals surface area (Å²) >= 11 is 1.76. The molecule has 20 heavy (non-hydrogen) atoms. The summed E-state index contributed by atoms with van der Waals surface area (Å²) in [5.74, 6) is 1.04. The SMILES string of the molecule is CC1CN(C(=O)CN2CCSCC2CC(=O)O)CCO1. The maximum Gasteiger partial charge on any atom is 0.304 e. The van der Waals surface area contributed by atoms with Gasteiger partial charge >= 0.3 is 5.97 Å². The molecule has 6 nitrogen and oxygen atoms in total. The highest BCUT2D eigenvalue weighted by Gasteiger charge is 2.29. The van der Waals surface area contributed by atoms with Crippen LogP contribution in [0.2, 0.25) is 0 Å². The highest BCUT2D eigenvalue weighted by atomic mass is 32.2. The van der Waals surface area contributed by atoms with Gasteiger partial charge in [-0.2, -0.15) is 11.8 Å². The third-order valence-corrected chi connectivity index (χ3v) is 4.78. The first-order valence-electron chi connectivity index (χ1n) is 6.99. The number of ether oxygens (including phenoxy) is 1. The number of amides is 1. The smallest absolute Gasteiger partial charge is 0.304 e. The average molecular weight is 302 g/mol. The molecule has 114 valence electrons. The molecule has 2 fully saturated rings. The predicted molar refractivity (Wildman–Crippen MR) is 76.9 cm³/mol. The first kappa shape index (κ1) is 15.6. The van der Waals surface area contributed by atoms with Gasteiger partial charge in [-0.05, 0) is 6.92 Å². The van der Waals surface area contributed by atoms with Crippen molar-refractivity contribution in [2.75, 3.05) is 44.3 Å². The van der Waals surface area contributed by atoms with Gasteiger partial charge in [-0.15, -0.1) is 0 Å². The predicted octanol–water partition coefficient (Wildman–Crippen LogP) is 0.126. The molecule has 0 aromatic rings. The maximum atomic E-state index is 12.3. The van der Waals surface area contributed by atoms with Crippen LogP contribution in [0.5, 0.6) is 0 Å². The summed E-state index contributed by atoms with van der Waals surface area (Å²) in [5, 5.41) is 8.95. The molecular weight excluding hydrogens is 280 g/mol. The van der Waals surface area contributed by atoms with E-state index in [0.29, 0.717) is 26.2 Å². The number of aliphatic carboxylic acids is 1. The second-order valence-corrected chi connectivity index (χ2v) is 6.47. The Balaban J connectivity index is 1.88. The van der Waals surface area contributed by atoms with Crippen molar-refractivity contribution in [1.29, 1.82) is 0 Å². The Bertz CT molecular complexity index is 366. The van der Waals surface area contributed by atoms with Gasteiger partial charge in [-0.25, -0.2) is 0 Å². The molecule has 0 aromatic heterocycles. The topological polar surface area (TPSA) is 70.1 Å². The fraction of sp³-hybridized carbons (Fsp3) is 0.846. The number of rotatable bonds is 4. The van der Waals surface area contributed by atoms with E-state index in [0.717, 1.165) is 18.1 Å². The Morgan fingerprint density at radius 2 is 2.20 bits per heavy atom. The van der Waals surface area contributed by atoms with Gasteiger partial charge in [0.1, 0.15) is 0 Å². The standard InChI is InChI=1S/C13H22N2O4S/c1-10-7-15(2-4-19-10)12(16)8-14-3-5-20-9-11(14)6-13(17)18/h10-11H,2-9H2,1H3,(H,17,18). The van der Waals surface area contributed by atoms with Crippen molar-refractivity contribution in [2.45, 2.75) is 25.5 Å². The summed E-state index contributed by atoms with van der Waals surface area (Å²) in [5.41, 5.74) is 0. The summed E-state index contributed by atoms with van der Waals surface area (Å²) in [6.07, 6.45) is 0.194. The Labute approximate surface area is 123 Å². The zero-order valence-electron chi connectivity index (χ0n) is 11.8. The molecule has 0 spiro atoms. The number of thioether (sulfide) groups is 1. The third-order valence-electron chi connectivity index (χ3n) is 3.69. The van der Waals surface area contributed by atoms with E-state index >= 15 is 0 Å². The van der Waals surface area contributed by atoms with Crippen LogP contribution in [-0.4, -0.2) is 83.2 Å². The largest absolute Gasteiger partial charge is 0.481 e. The highest BCUT2D eigenvalue weighted by molar-refractivity contribution is 7.99. The van der Waals surface area contributed by atoms with Gasteiger partial charge in [0.05, 0.1) is 25.7 Å². The zero-order valence-corrected chi connectivity index (χ0v) is 12.6. The molecule has 2 aliphatic heterocycles. The molecule has 2 heterocycles. The normalized spacial score (nSPS) is 28.4. The van der Waals surface area contributed by atoms with Gasteiger partial charge in [0.15, 0.2) is 0 Å². The fourth-order valence-corrected chi connectivity index (χ4v) is 3.74. The summed E-state index contributed by atoms with van der Waals surface area (Å²) in [6.45, 7) is 4.92. The molecule has 2 saturated heterocycles. The van der Waals surface area contributed by atoms with Gasteiger partial charge < -0.3 is 14.7 Å². The molecule has 0 radical (unpaired) electrons. The van der Waals surface area contributed by atoms with E-state index < -0.39 is 5.97 Å². The highest BCUT2D eigenvalue weighted by Crippen LogP contribution is 2.19. The van der Waals surface area contributed by atoms with Crippen LogP contribution < -0.4 is 0 Å². The van der Waals surface area contributed by atoms with E-state index in [9.17, 15) is 9.59 Å². The lowest BCUT2D eigenvalue weighted by atomic mass is 10.2. The van der Waals surface area contributed by atoms with Crippen molar-refractivity contribution in [3.8, 4) is 0 Å². The van der Waals surface area contributed by atoms with Crippen molar-refractivity contribution in [3.05, 3.63) is 0 Å². The Morgan fingerprint density at radius 1 is 1.40 bits per heavy atom. The van der Waals surface area contributed by atoms with Gasteiger partial charge in [-0.1, -0.05) is 0 Å². The Hall–Kier alpha value is -0.790. The number of carboxylic acid groups (broad SMARTS) is 1. The average Bonchev–Trinajstić information content (AvgIpc) is 2.40. The lowest BCUT2D eigenvalue weighted by molar-refractivity contribution is -0.142. The number of nitrogens with zero attached hydrogens (tertiary/aromatic N) is 2. The third kappa shape index (κ3) is 4.36. The van der Waals surface area contributed by atoms with E-state index in [2.05, 4.69) is 0 Å². The van der Waals surface area contributed by atoms with Crippen LogP contribution >= 0.6 is 11.8 Å². The van der Waals surface area contributed by atoms with E-state index in [1.165, 1.54) is 0 Å². The summed E-state index contributed by atoms with van der Waals surface area (Å²) in [4.78, 5) is 27.1. The van der Waals surface area contributed by atoms with Crippen molar-refractivity contribution >= 4 is 23.6 Å². The number of carbonyl (C=O) groups is 2. The number of carboxylic acids is 1. The van der Waals surface area contributed by atoms with Gasteiger partial charge in [0.25, 0.3) is 0 Å². The molecule has 2 unspecified atom stereocenters. The van der Waals surface area contributed by atoms with E-state index in [-0.39, 0.29) is 24.5 Å². The van der Waals surface area contributed by atoms with Gasteiger partial charge in [-0.3, -0.25) is 14.5 Å². The second kappa shape index (κ2) is 7.28. The lowest BCUT2D eigenvalue weighted by Crippen LogP contribution is -2.52. The molecule has 0 bridgehead atoms. The number of hydrogen-bond acceptors (Lipinski definition) is 5. The molecule has 1 N–H and O–H groups in total. The molecular formula is C13H22N2O4S. The molecule has 7 heteroatoms. The Morgan fingerprint density at radius 3 is 2.90 bits per heavy atom. The monoisotopic (exact) mass is 302 g/mol. The summed E-state index contributed by atoms with van der Waals surface area (Å²) in [7, 11) is 0. The summed E-state index contributed by atoms with van der Waals surface area (Å²) < 4.78 is 5.43. The van der Waals surface area contributed by atoms with Crippen LogP contribution in [0.25, 0.3) is 0 Å². The minimum atomic E-state index is -0.796. The minimum absolute atomic E-state index is 0.0336. The minimum Gasteiger partial charge on any atom is -0.481 e. The quantitative estimate of drug-likeness (QED) is 0.796. The molecule has 0 aliphatic carbocycles. The van der Waals surface area contributed by atoms with Crippen molar-refractivity contribution < 1.29 is 19.4 Å². The van der Waals surface area contributed by atoms with Gasteiger partial charge in [0, 0.05) is 37.2 Å². The number of hydrogen-bond donors (Lipinski definition) is 1. The van der Waals surface area contributed by atoms with Crippen LogP contribution in [0.15, 0.2) is 0 Å². The molecule has 0 aromatic carbocycles. The fourth-order valence-electron chi connectivity index (χ4n) is 2.61. The summed E-state index contributed by atoms with van der Waals surface area (Å²) in [6, 6.07) is -0.0336. The van der Waals surface area contributed by atoms with Crippen LogP contribution in [-0.2, 0) is 14.3 Å². The van der Waals surface area contributed by atoms with Crippen LogP contribution in [0.3, 0.4) is 0 Å². The maximum absolute atomic E-state index is 12.3. The second-order valence-electron chi connectivity index (χ2n) is 5.32. The van der Waals surface area contributed by atoms with E-state index in [1.54, 1.807) is 11.8 Å². The first-order chi connectivity index (χ1) is 9.56. The number of morpholine rings is 1. The Kier molecular flexibility index (Phi) is 5.68. The van der Waals surface area contributed by atoms with Crippen LogP contribution in [0.4, 0.5) is 0 Å². The molecule has 2 rings (SSSR count). The van der Waals surface area contributed by atoms with Crippen molar-refractivity contribution in [2.24, 2.45) is 0 Å². The van der Waals surface area contributed by atoms with Crippen LogP contribution in [0.1, 0.15) is 13.3 Å². The van der Waals surface area contributed by atoms with Crippen LogP contribution in [0, 0.1) is 0 Å². The van der Waals surface area contributed by atoms with Crippen molar-refractivity contribution in [3.63, 3.8) is 0 Å². The van der Waals surface area contributed by atoms with E-state index in [4.69, 9.17) is 9.84 Å². The van der Waals surface area contributed by atoms with E-state index in [1.807, 2.05) is 16.7 Å². The first-order valence-corrected chi connectivity index (χ1v) is 8.14. The van der Waals surface area contributed by atoms with Gasteiger partial charge in [0.2, 0.25) is 5.91 Å². The van der Waals surface area contributed by atoms with Crippen molar-refractivity contribution in [1.82, 2.24) is 9.80 Å². The lowest BCUT2D eigenvalue weighted by Gasteiger charge is -2.37. The molecule has 2 atom stereocenters.